The standard InChI is InChI=1S/C15H19BrClNO4.C10H11BrClNO2/c1-8(10-7-9(16)5-6-11(10)17)12(13(19)20)18-14(21)22-15(2,3)4;1-5(9(13)10(14)15)7-4-6(11)2-3-8(7)12/h5-8,12H,1-4H3,(H,18,21)(H,19,20);2-5,9H,13H2,1H3,(H,14,15)/t8?,12-;5?,9-/m00/s1. The van der Waals surface area contributed by atoms with Crippen LogP contribution in [0.5, 0.6) is 0 Å². The summed E-state index contributed by atoms with van der Waals surface area (Å²) < 4.78 is 6.73. The maximum absolute atomic E-state index is 11.8. The Balaban J connectivity index is 0.000000397. The van der Waals surface area contributed by atoms with Gasteiger partial charge in [-0.05, 0) is 68.3 Å². The van der Waals surface area contributed by atoms with Crippen LogP contribution >= 0.6 is 55.1 Å². The number of carboxylic acid groups (broad SMARTS) is 2. The molecular formula is C25H30Br2Cl2N2O6. The Morgan fingerprint density at radius 3 is 1.70 bits per heavy atom. The zero-order valence-electron chi connectivity index (χ0n) is 20.9. The number of hydrogen-bond acceptors (Lipinski definition) is 5. The fourth-order valence-corrected chi connectivity index (χ4v) is 4.49. The van der Waals surface area contributed by atoms with E-state index < -0.39 is 41.6 Å². The number of halogens is 4. The Hall–Kier alpha value is -1.85. The van der Waals surface area contributed by atoms with Gasteiger partial charge in [-0.25, -0.2) is 9.59 Å². The summed E-state index contributed by atoms with van der Waals surface area (Å²) in [5.74, 6) is -3.05. The number of amides is 1. The Labute approximate surface area is 243 Å². The molecule has 0 saturated heterocycles. The SMILES string of the molecule is CC(c1cc(Br)ccc1Cl)[C@H](N)C(=O)O.CC(c1cc(Br)ccc1Cl)[C@H](NC(=O)OC(C)(C)C)C(=O)O. The fraction of sp³-hybridized carbons (Fsp3) is 0.400. The van der Waals surface area contributed by atoms with E-state index in [9.17, 15) is 19.5 Å². The molecule has 0 aliphatic heterocycles. The Kier molecular flexibility index (Phi) is 12.9. The minimum atomic E-state index is -1.16. The number of nitrogens with one attached hydrogen (secondary N) is 1. The molecule has 37 heavy (non-hydrogen) atoms. The van der Waals surface area contributed by atoms with Crippen LogP contribution in [0.25, 0.3) is 0 Å². The first kappa shape index (κ1) is 33.2. The van der Waals surface area contributed by atoms with Crippen LogP contribution in [-0.2, 0) is 14.3 Å². The van der Waals surface area contributed by atoms with E-state index in [-0.39, 0.29) is 5.92 Å². The van der Waals surface area contributed by atoms with Gasteiger partial charge in [0.1, 0.15) is 17.7 Å². The van der Waals surface area contributed by atoms with Crippen molar-refractivity contribution in [3.05, 3.63) is 66.5 Å². The van der Waals surface area contributed by atoms with Gasteiger partial charge in [-0.2, -0.15) is 0 Å². The first-order valence-electron chi connectivity index (χ1n) is 11.0. The van der Waals surface area contributed by atoms with Gasteiger partial charge in [0.2, 0.25) is 0 Å². The monoisotopic (exact) mass is 682 g/mol. The minimum Gasteiger partial charge on any atom is -0.480 e. The molecule has 0 saturated carbocycles. The smallest absolute Gasteiger partial charge is 0.408 e. The molecular weight excluding hydrogens is 655 g/mol. The van der Waals surface area contributed by atoms with E-state index in [0.717, 1.165) is 14.5 Å². The highest BCUT2D eigenvalue weighted by molar-refractivity contribution is 9.10. The molecule has 0 bridgehead atoms. The normalized spacial score (nSPS) is 14.3. The topological polar surface area (TPSA) is 139 Å². The highest BCUT2D eigenvalue weighted by atomic mass is 79.9. The van der Waals surface area contributed by atoms with E-state index in [1.807, 2.05) is 0 Å². The molecule has 0 aliphatic carbocycles. The first-order chi connectivity index (χ1) is 16.9. The van der Waals surface area contributed by atoms with Crippen molar-refractivity contribution in [3.8, 4) is 0 Å². The van der Waals surface area contributed by atoms with Gasteiger partial charge < -0.3 is 26.0 Å². The number of hydrogen-bond donors (Lipinski definition) is 4. The predicted octanol–water partition coefficient (Wildman–Crippen LogP) is 6.80. The van der Waals surface area contributed by atoms with Crippen molar-refractivity contribution in [3.63, 3.8) is 0 Å². The number of carbonyl (C=O) groups is 3. The van der Waals surface area contributed by atoms with E-state index in [1.54, 1.807) is 71.0 Å². The number of carboxylic acids is 2. The number of alkyl carbamates (subject to hydrolysis) is 1. The molecule has 5 N–H and O–H groups in total. The van der Waals surface area contributed by atoms with E-state index in [1.165, 1.54) is 0 Å². The van der Waals surface area contributed by atoms with Gasteiger partial charge >= 0.3 is 18.0 Å². The van der Waals surface area contributed by atoms with Gasteiger partial charge in [0.25, 0.3) is 0 Å². The molecule has 2 unspecified atom stereocenters. The van der Waals surface area contributed by atoms with Crippen LogP contribution in [0.3, 0.4) is 0 Å². The van der Waals surface area contributed by atoms with Crippen molar-refractivity contribution in [1.82, 2.24) is 5.32 Å². The molecule has 0 heterocycles. The van der Waals surface area contributed by atoms with Crippen molar-refractivity contribution in [1.29, 1.82) is 0 Å². The van der Waals surface area contributed by atoms with Crippen molar-refractivity contribution in [2.24, 2.45) is 5.73 Å². The van der Waals surface area contributed by atoms with Crippen LogP contribution in [0.2, 0.25) is 10.0 Å². The summed E-state index contributed by atoms with van der Waals surface area (Å²) in [4.78, 5) is 34.0. The van der Waals surface area contributed by atoms with Crippen molar-refractivity contribution < 1.29 is 29.3 Å². The van der Waals surface area contributed by atoms with Crippen LogP contribution in [0.1, 0.15) is 57.6 Å². The fourth-order valence-electron chi connectivity index (χ4n) is 3.15. The predicted molar refractivity (Wildman–Crippen MR) is 152 cm³/mol. The maximum atomic E-state index is 11.8. The minimum absolute atomic E-state index is 0.326. The summed E-state index contributed by atoms with van der Waals surface area (Å²) in [6.07, 6.45) is -0.780. The van der Waals surface area contributed by atoms with Gasteiger partial charge in [0.15, 0.2) is 0 Å². The zero-order valence-corrected chi connectivity index (χ0v) is 25.6. The van der Waals surface area contributed by atoms with Crippen LogP contribution in [0.15, 0.2) is 45.3 Å². The lowest BCUT2D eigenvalue weighted by molar-refractivity contribution is -0.140. The summed E-state index contributed by atoms with van der Waals surface area (Å²) in [6, 6.07) is 8.37. The molecule has 0 aliphatic rings. The average molecular weight is 685 g/mol. The van der Waals surface area contributed by atoms with Gasteiger partial charge in [-0.3, -0.25) is 4.79 Å². The number of carbonyl (C=O) groups excluding carboxylic acids is 1. The summed E-state index contributed by atoms with van der Waals surface area (Å²) in [5, 5.41) is 21.5. The molecule has 8 nitrogen and oxygen atoms in total. The van der Waals surface area contributed by atoms with Crippen LogP contribution in [-0.4, -0.2) is 45.9 Å². The quantitative estimate of drug-likeness (QED) is 0.252. The van der Waals surface area contributed by atoms with Crippen LogP contribution in [0.4, 0.5) is 4.79 Å². The summed E-state index contributed by atoms with van der Waals surface area (Å²) in [6.45, 7) is 8.54. The van der Waals surface area contributed by atoms with Crippen molar-refractivity contribution in [2.75, 3.05) is 0 Å². The molecule has 0 radical (unpaired) electrons. The summed E-state index contributed by atoms with van der Waals surface area (Å²) >= 11 is 18.7. The largest absolute Gasteiger partial charge is 0.480 e. The van der Waals surface area contributed by atoms with Crippen LogP contribution < -0.4 is 11.1 Å². The number of rotatable bonds is 7. The molecule has 0 spiro atoms. The number of nitrogens with two attached hydrogens (primary N) is 1. The average Bonchev–Trinajstić information content (AvgIpc) is 2.78. The third-order valence-corrected chi connectivity index (χ3v) is 6.83. The second-order valence-electron chi connectivity index (χ2n) is 9.24. The molecule has 0 aromatic heterocycles. The zero-order chi connectivity index (χ0) is 28.7. The second kappa shape index (κ2) is 14.3. The molecule has 12 heteroatoms. The van der Waals surface area contributed by atoms with E-state index in [0.29, 0.717) is 15.6 Å². The third-order valence-electron chi connectivity index (χ3n) is 5.16. The molecule has 2 aromatic rings. The summed E-state index contributed by atoms with van der Waals surface area (Å²) in [5.41, 5.74) is 6.19. The molecule has 1 amide bonds. The van der Waals surface area contributed by atoms with Gasteiger partial charge in [-0.15, -0.1) is 0 Å². The number of ether oxygens (including phenoxy) is 1. The molecule has 2 rings (SSSR count). The van der Waals surface area contributed by atoms with E-state index >= 15 is 0 Å². The van der Waals surface area contributed by atoms with Gasteiger partial charge in [0, 0.05) is 30.8 Å². The lowest BCUT2D eigenvalue weighted by atomic mass is 9.93. The number of benzene rings is 2. The van der Waals surface area contributed by atoms with Gasteiger partial charge in [0.05, 0.1) is 0 Å². The highest BCUT2D eigenvalue weighted by Gasteiger charge is 2.31. The lowest BCUT2D eigenvalue weighted by Gasteiger charge is -2.25. The van der Waals surface area contributed by atoms with E-state index in [4.69, 9.17) is 38.8 Å². The Morgan fingerprint density at radius 2 is 1.32 bits per heavy atom. The maximum Gasteiger partial charge on any atom is 0.408 e. The van der Waals surface area contributed by atoms with Crippen LogP contribution in [0, 0.1) is 0 Å². The lowest BCUT2D eigenvalue weighted by Crippen LogP contribution is -2.46. The number of aliphatic carboxylic acids is 2. The highest BCUT2D eigenvalue weighted by Crippen LogP contribution is 2.31. The van der Waals surface area contributed by atoms with Crippen molar-refractivity contribution >= 4 is 73.1 Å². The summed E-state index contributed by atoms with van der Waals surface area (Å²) in [7, 11) is 0. The van der Waals surface area contributed by atoms with Crippen molar-refractivity contribution in [2.45, 2.75) is 64.1 Å². The second-order valence-corrected chi connectivity index (χ2v) is 11.9. The molecule has 2 aromatic carbocycles. The Morgan fingerprint density at radius 1 is 0.892 bits per heavy atom. The molecule has 4 atom stereocenters. The Bertz CT molecular complexity index is 1130. The third kappa shape index (κ3) is 10.8. The van der Waals surface area contributed by atoms with E-state index in [2.05, 4.69) is 37.2 Å². The first-order valence-corrected chi connectivity index (χ1v) is 13.4. The molecule has 204 valence electrons. The molecule has 0 fully saturated rings. The van der Waals surface area contributed by atoms with Gasteiger partial charge in [-0.1, -0.05) is 68.9 Å².